The Kier molecular flexibility index (Phi) is 4.55. The molecule has 0 bridgehead atoms. The standard InChI is InChI=1S/C20H18N6O3/c1-11-8-14(13(3)26(11)17-9-12(2)29-25-17)10-21-23-20(28)18-15-6-4-5-7-16(15)19(27)24-22-18/h4-10H,1-3H3,(H,23,28)(H,24,27)/b21-10-. The molecule has 4 aromatic rings. The van der Waals surface area contributed by atoms with Crippen molar-refractivity contribution < 1.29 is 9.32 Å². The number of nitrogens with one attached hydrogen (secondary N) is 2. The number of nitrogens with zero attached hydrogens (tertiary/aromatic N) is 4. The highest BCUT2D eigenvalue weighted by Gasteiger charge is 2.14. The summed E-state index contributed by atoms with van der Waals surface area (Å²) in [6, 6.07) is 10.5. The van der Waals surface area contributed by atoms with Gasteiger partial charge in [-0.1, -0.05) is 23.4 Å². The van der Waals surface area contributed by atoms with E-state index >= 15 is 0 Å². The fourth-order valence-electron chi connectivity index (χ4n) is 3.23. The van der Waals surface area contributed by atoms with Crippen molar-refractivity contribution in [1.82, 2.24) is 25.3 Å². The van der Waals surface area contributed by atoms with E-state index in [1.807, 2.05) is 37.5 Å². The number of aromatic amines is 1. The first-order chi connectivity index (χ1) is 14.0. The maximum Gasteiger partial charge on any atom is 0.292 e. The molecule has 0 aliphatic rings. The number of aromatic nitrogens is 4. The van der Waals surface area contributed by atoms with Crippen molar-refractivity contribution in [3.63, 3.8) is 0 Å². The van der Waals surface area contributed by atoms with E-state index in [1.165, 1.54) is 0 Å². The van der Waals surface area contributed by atoms with Gasteiger partial charge in [0.15, 0.2) is 11.5 Å². The first kappa shape index (κ1) is 18.4. The molecule has 0 saturated carbocycles. The van der Waals surface area contributed by atoms with Crippen LogP contribution >= 0.6 is 0 Å². The summed E-state index contributed by atoms with van der Waals surface area (Å²) in [5.41, 5.74) is 4.89. The minimum atomic E-state index is -0.519. The van der Waals surface area contributed by atoms with Crippen molar-refractivity contribution in [2.75, 3.05) is 0 Å². The number of aryl methyl sites for hydroxylation is 2. The molecule has 0 fully saturated rings. The number of hydrogen-bond acceptors (Lipinski definition) is 6. The molecule has 0 aliphatic carbocycles. The van der Waals surface area contributed by atoms with Gasteiger partial charge in [0.25, 0.3) is 11.5 Å². The number of hydrogen-bond donors (Lipinski definition) is 2. The lowest BCUT2D eigenvalue weighted by Crippen LogP contribution is -2.22. The Bertz CT molecular complexity index is 1310. The van der Waals surface area contributed by atoms with E-state index in [4.69, 9.17) is 4.52 Å². The summed E-state index contributed by atoms with van der Waals surface area (Å²) in [5.74, 6) is 0.885. The molecule has 1 amide bonds. The Labute approximate surface area is 165 Å². The monoisotopic (exact) mass is 390 g/mol. The molecule has 4 rings (SSSR count). The molecule has 0 spiro atoms. The lowest BCUT2D eigenvalue weighted by atomic mass is 10.1. The van der Waals surface area contributed by atoms with Gasteiger partial charge in [0.1, 0.15) is 5.76 Å². The lowest BCUT2D eigenvalue weighted by Gasteiger charge is -2.04. The number of fused-ring (bicyclic) bond motifs is 1. The SMILES string of the molecule is Cc1cc(-n2c(C)cc(/C=N\NC(=O)c3n[nH]c(=O)c4ccccc34)c2C)no1. The van der Waals surface area contributed by atoms with Crippen LogP contribution in [0.3, 0.4) is 0 Å². The summed E-state index contributed by atoms with van der Waals surface area (Å²) in [6.45, 7) is 5.71. The van der Waals surface area contributed by atoms with Crippen molar-refractivity contribution in [3.8, 4) is 5.82 Å². The normalized spacial score (nSPS) is 11.4. The van der Waals surface area contributed by atoms with Gasteiger partial charge in [-0.3, -0.25) is 14.2 Å². The zero-order valence-electron chi connectivity index (χ0n) is 16.1. The topological polar surface area (TPSA) is 118 Å². The van der Waals surface area contributed by atoms with Gasteiger partial charge in [0.05, 0.1) is 11.6 Å². The van der Waals surface area contributed by atoms with E-state index in [2.05, 4.69) is 25.9 Å². The average Bonchev–Trinajstić information content (AvgIpc) is 3.24. The number of H-pyrrole nitrogens is 1. The molecule has 29 heavy (non-hydrogen) atoms. The van der Waals surface area contributed by atoms with E-state index < -0.39 is 5.91 Å². The Hall–Kier alpha value is -4.01. The highest BCUT2D eigenvalue weighted by molar-refractivity contribution is 6.04. The van der Waals surface area contributed by atoms with Crippen LogP contribution in [-0.4, -0.2) is 32.0 Å². The van der Waals surface area contributed by atoms with Crippen molar-refractivity contribution in [2.45, 2.75) is 20.8 Å². The Morgan fingerprint density at radius 1 is 1.21 bits per heavy atom. The molecule has 0 atom stereocenters. The lowest BCUT2D eigenvalue weighted by molar-refractivity contribution is 0.0951. The summed E-state index contributed by atoms with van der Waals surface area (Å²) in [7, 11) is 0. The molecule has 1 aromatic carbocycles. The van der Waals surface area contributed by atoms with Crippen LogP contribution in [-0.2, 0) is 0 Å². The highest BCUT2D eigenvalue weighted by atomic mass is 16.5. The fourth-order valence-corrected chi connectivity index (χ4v) is 3.23. The van der Waals surface area contributed by atoms with E-state index in [1.54, 1.807) is 30.5 Å². The van der Waals surface area contributed by atoms with Gasteiger partial charge >= 0.3 is 0 Å². The second-order valence-corrected chi connectivity index (χ2v) is 6.60. The van der Waals surface area contributed by atoms with Crippen LogP contribution in [0.2, 0.25) is 0 Å². The molecular formula is C20H18N6O3. The zero-order valence-corrected chi connectivity index (χ0v) is 16.1. The predicted molar refractivity (Wildman–Crippen MR) is 107 cm³/mol. The molecule has 9 heteroatoms. The van der Waals surface area contributed by atoms with Gasteiger partial charge in [0, 0.05) is 28.4 Å². The van der Waals surface area contributed by atoms with E-state index in [-0.39, 0.29) is 11.3 Å². The summed E-state index contributed by atoms with van der Waals surface area (Å²) < 4.78 is 7.09. The third-order valence-electron chi connectivity index (χ3n) is 4.60. The van der Waals surface area contributed by atoms with Gasteiger partial charge in [-0.25, -0.2) is 10.5 Å². The molecule has 0 radical (unpaired) electrons. The third-order valence-corrected chi connectivity index (χ3v) is 4.60. The first-order valence-corrected chi connectivity index (χ1v) is 8.89. The maximum atomic E-state index is 12.5. The minimum absolute atomic E-state index is 0.0981. The van der Waals surface area contributed by atoms with Crippen LogP contribution in [0.5, 0.6) is 0 Å². The molecule has 9 nitrogen and oxygen atoms in total. The van der Waals surface area contributed by atoms with Gasteiger partial charge in [-0.15, -0.1) is 0 Å². The van der Waals surface area contributed by atoms with Gasteiger partial charge < -0.3 is 4.52 Å². The second-order valence-electron chi connectivity index (χ2n) is 6.60. The Morgan fingerprint density at radius 2 is 1.97 bits per heavy atom. The van der Waals surface area contributed by atoms with Gasteiger partial charge in [-0.2, -0.15) is 10.2 Å². The minimum Gasteiger partial charge on any atom is -0.360 e. The van der Waals surface area contributed by atoms with Gasteiger partial charge in [-0.05, 0) is 32.9 Å². The first-order valence-electron chi connectivity index (χ1n) is 8.89. The second kappa shape index (κ2) is 7.19. The number of rotatable bonds is 4. The summed E-state index contributed by atoms with van der Waals surface area (Å²) >= 11 is 0. The summed E-state index contributed by atoms with van der Waals surface area (Å²) in [6.07, 6.45) is 1.55. The molecule has 3 heterocycles. The van der Waals surface area contributed by atoms with Gasteiger partial charge in [0.2, 0.25) is 0 Å². The van der Waals surface area contributed by atoms with Crippen LogP contribution < -0.4 is 11.0 Å². The van der Waals surface area contributed by atoms with Crippen molar-refractivity contribution in [2.24, 2.45) is 5.10 Å². The van der Waals surface area contributed by atoms with Crippen LogP contribution in [0.1, 0.15) is 33.2 Å². The smallest absolute Gasteiger partial charge is 0.292 e. The van der Waals surface area contributed by atoms with Crippen LogP contribution in [0.15, 0.2) is 50.8 Å². The van der Waals surface area contributed by atoms with E-state index in [9.17, 15) is 9.59 Å². The Morgan fingerprint density at radius 3 is 2.69 bits per heavy atom. The van der Waals surface area contributed by atoms with Crippen molar-refractivity contribution in [1.29, 1.82) is 0 Å². The molecule has 2 N–H and O–H groups in total. The maximum absolute atomic E-state index is 12.5. The molecule has 0 aliphatic heterocycles. The quantitative estimate of drug-likeness (QED) is 0.410. The van der Waals surface area contributed by atoms with Crippen molar-refractivity contribution in [3.05, 3.63) is 75.2 Å². The molecular weight excluding hydrogens is 372 g/mol. The molecule has 146 valence electrons. The summed E-state index contributed by atoms with van der Waals surface area (Å²) in [5, 5.41) is 15.1. The zero-order chi connectivity index (χ0) is 20.5. The number of amides is 1. The van der Waals surface area contributed by atoms with E-state index in [0.717, 1.165) is 22.7 Å². The fraction of sp³-hybridized carbons (Fsp3) is 0.150. The number of carbonyl (C=O) groups excluding carboxylic acids is 1. The third kappa shape index (κ3) is 3.33. The summed E-state index contributed by atoms with van der Waals surface area (Å²) in [4.78, 5) is 24.4. The largest absolute Gasteiger partial charge is 0.360 e. The van der Waals surface area contributed by atoms with E-state index in [0.29, 0.717) is 16.6 Å². The number of benzene rings is 1. The number of hydrazone groups is 1. The number of carbonyl (C=O) groups is 1. The highest BCUT2D eigenvalue weighted by Crippen LogP contribution is 2.19. The molecule has 0 saturated heterocycles. The Balaban J connectivity index is 1.58. The van der Waals surface area contributed by atoms with Crippen LogP contribution in [0, 0.1) is 20.8 Å². The predicted octanol–water partition coefficient (Wildman–Crippen LogP) is 2.39. The van der Waals surface area contributed by atoms with Crippen LogP contribution in [0.25, 0.3) is 16.6 Å². The molecule has 0 unspecified atom stereocenters. The average molecular weight is 390 g/mol. The van der Waals surface area contributed by atoms with Crippen LogP contribution in [0.4, 0.5) is 0 Å². The van der Waals surface area contributed by atoms with Crippen molar-refractivity contribution >= 4 is 22.9 Å². The molecule has 3 aromatic heterocycles.